The molecular formula is C74H126O6. The van der Waals surface area contributed by atoms with Gasteiger partial charge in [-0.1, -0.05) is 291 Å². The molecule has 1 atom stereocenters. The molecule has 6 heteroatoms. The van der Waals surface area contributed by atoms with Gasteiger partial charge in [0.05, 0.1) is 0 Å². The molecule has 0 rings (SSSR count). The van der Waals surface area contributed by atoms with Gasteiger partial charge in [0.2, 0.25) is 0 Å². The van der Waals surface area contributed by atoms with Gasteiger partial charge in [0.25, 0.3) is 0 Å². The number of unbranched alkanes of at least 4 members (excludes halogenated alkanes) is 32. The monoisotopic (exact) mass is 1110 g/mol. The van der Waals surface area contributed by atoms with Crippen molar-refractivity contribution < 1.29 is 28.6 Å². The number of hydrogen-bond acceptors (Lipinski definition) is 6. The van der Waals surface area contributed by atoms with Crippen LogP contribution in [0.4, 0.5) is 0 Å². The lowest BCUT2D eigenvalue weighted by Crippen LogP contribution is -2.30. The normalized spacial score (nSPS) is 12.8. The summed E-state index contributed by atoms with van der Waals surface area (Å²) < 4.78 is 16.9. The molecule has 1 unspecified atom stereocenters. The molecule has 458 valence electrons. The fourth-order valence-electron chi connectivity index (χ4n) is 9.48. The molecule has 80 heavy (non-hydrogen) atoms. The third kappa shape index (κ3) is 64.9. The molecule has 0 aliphatic carbocycles. The fraction of sp³-hybridized carbons (Fsp3) is 0.716. The van der Waals surface area contributed by atoms with Gasteiger partial charge in [0.15, 0.2) is 6.10 Å². The van der Waals surface area contributed by atoms with E-state index in [0.29, 0.717) is 19.3 Å². The second kappa shape index (κ2) is 67.6. The van der Waals surface area contributed by atoms with Crippen molar-refractivity contribution in [3.63, 3.8) is 0 Å². The van der Waals surface area contributed by atoms with Crippen molar-refractivity contribution in [2.45, 2.75) is 329 Å². The minimum absolute atomic E-state index is 0.0850. The molecule has 0 aliphatic rings. The van der Waals surface area contributed by atoms with Crippen LogP contribution >= 0.6 is 0 Å². The van der Waals surface area contributed by atoms with Crippen LogP contribution in [-0.2, 0) is 28.6 Å². The molecule has 0 aromatic heterocycles. The van der Waals surface area contributed by atoms with E-state index < -0.39 is 6.10 Å². The quantitative estimate of drug-likeness (QED) is 0.0261. The second-order valence-electron chi connectivity index (χ2n) is 22.3. The highest BCUT2D eigenvalue weighted by Crippen LogP contribution is 2.16. The maximum Gasteiger partial charge on any atom is 0.306 e. The minimum Gasteiger partial charge on any atom is -0.462 e. The maximum absolute atomic E-state index is 12.9. The Hall–Kier alpha value is -3.93. The summed E-state index contributed by atoms with van der Waals surface area (Å²) >= 11 is 0. The van der Waals surface area contributed by atoms with E-state index in [1.54, 1.807) is 0 Å². The van der Waals surface area contributed by atoms with Crippen molar-refractivity contribution in [1.82, 2.24) is 0 Å². The van der Waals surface area contributed by atoms with Crippen molar-refractivity contribution in [2.24, 2.45) is 0 Å². The van der Waals surface area contributed by atoms with Crippen molar-refractivity contribution in [3.8, 4) is 0 Å². The van der Waals surface area contributed by atoms with Gasteiger partial charge in [-0.25, -0.2) is 0 Å². The van der Waals surface area contributed by atoms with E-state index in [4.69, 9.17) is 14.2 Å². The lowest BCUT2D eigenvalue weighted by molar-refractivity contribution is -0.167. The Morgan fingerprint density at radius 2 is 0.487 bits per heavy atom. The van der Waals surface area contributed by atoms with Crippen LogP contribution in [0.25, 0.3) is 0 Å². The SMILES string of the molecule is CC/C=C\C/C=C\C/C=C\C/C=C\C/C=C\CCCCCCCCCCCCCCCC(=O)OCC(COC(=O)CCCCCCC/C=C\C/C=C\C/C=C\CC)OC(=O)CCCCCCCCC/C=C\CCCCCCCCC. The van der Waals surface area contributed by atoms with Gasteiger partial charge >= 0.3 is 17.9 Å². The summed E-state index contributed by atoms with van der Waals surface area (Å²) in [6.45, 7) is 6.42. The van der Waals surface area contributed by atoms with Gasteiger partial charge in [0, 0.05) is 19.3 Å². The zero-order valence-corrected chi connectivity index (χ0v) is 52.6. The molecule has 0 aromatic carbocycles. The predicted molar refractivity (Wildman–Crippen MR) is 348 cm³/mol. The topological polar surface area (TPSA) is 78.9 Å². The Balaban J connectivity index is 4.30. The first-order valence-electron chi connectivity index (χ1n) is 33.9. The first-order chi connectivity index (χ1) is 39.5. The molecule has 0 N–H and O–H groups in total. The van der Waals surface area contributed by atoms with E-state index in [-0.39, 0.29) is 31.1 Å². The Bertz CT molecular complexity index is 1610. The van der Waals surface area contributed by atoms with Crippen molar-refractivity contribution in [1.29, 1.82) is 0 Å². The number of carbonyl (C=O) groups is 3. The highest BCUT2D eigenvalue weighted by molar-refractivity contribution is 5.71. The Morgan fingerprint density at radius 3 is 0.775 bits per heavy atom. The molecule has 6 nitrogen and oxygen atoms in total. The molecule has 0 aromatic rings. The summed E-state index contributed by atoms with van der Waals surface area (Å²) in [6, 6.07) is 0. The first-order valence-corrected chi connectivity index (χ1v) is 33.9. The van der Waals surface area contributed by atoms with Gasteiger partial charge in [-0.3, -0.25) is 14.4 Å². The Labute approximate surface area is 495 Å². The van der Waals surface area contributed by atoms with Crippen LogP contribution in [0.5, 0.6) is 0 Å². The van der Waals surface area contributed by atoms with Crippen molar-refractivity contribution in [3.05, 3.63) is 109 Å². The van der Waals surface area contributed by atoms with Crippen molar-refractivity contribution in [2.75, 3.05) is 13.2 Å². The van der Waals surface area contributed by atoms with Crippen LogP contribution < -0.4 is 0 Å². The summed E-state index contributed by atoms with van der Waals surface area (Å²) in [6.07, 6.45) is 92.5. The molecule has 0 spiro atoms. The molecule has 0 aliphatic heterocycles. The molecule has 0 saturated carbocycles. The van der Waals surface area contributed by atoms with Crippen molar-refractivity contribution >= 4 is 17.9 Å². The molecule has 0 bridgehead atoms. The molecule has 0 radical (unpaired) electrons. The number of hydrogen-bond donors (Lipinski definition) is 0. The standard InChI is InChI=1S/C74H126O6/c1-4-7-10-13-16-19-22-25-28-30-32-33-34-35-36-37-38-39-40-41-42-44-46-49-52-55-58-61-64-67-73(76)79-70-71(69-78-72(75)66-63-60-57-54-51-48-45-27-24-21-18-15-12-9-6-3)80-74(77)68-65-62-59-56-53-50-47-43-31-29-26-23-20-17-14-11-8-5-2/h7,9-10,12,16,18-19,21,25,27-29,31-33,35-36,45,71H,4-6,8,11,13-15,17,20,22-24,26,30,34,37-44,46-70H2,1-3H3/b10-7-,12-9-,19-16-,21-18-,28-25-,31-29-,33-32-,36-35-,45-27-. The second-order valence-corrected chi connectivity index (χ2v) is 22.3. The largest absolute Gasteiger partial charge is 0.462 e. The zero-order valence-electron chi connectivity index (χ0n) is 52.6. The number of ether oxygens (including phenoxy) is 3. The maximum atomic E-state index is 12.9. The smallest absolute Gasteiger partial charge is 0.306 e. The van der Waals surface area contributed by atoms with E-state index in [0.717, 1.165) is 128 Å². The lowest BCUT2D eigenvalue weighted by atomic mass is 10.0. The Morgan fingerprint density at radius 1 is 0.263 bits per heavy atom. The van der Waals surface area contributed by atoms with E-state index >= 15 is 0 Å². The van der Waals surface area contributed by atoms with E-state index in [2.05, 4.69) is 130 Å². The van der Waals surface area contributed by atoms with Gasteiger partial charge < -0.3 is 14.2 Å². The third-order valence-corrected chi connectivity index (χ3v) is 14.5. The molecule has 0 fully saturated rings. The fourth-order valence-corrected chi connectivity index (χ4v) is 9.48. The number of allylic oxidation sites excluding steroid dienone is 18. The van der Waals surface area contributed by atoms with Gasteiger partial charge in [-0.15, -0.1) is 0 Å². The summed E-state index contributed by atoms with van der Waals surface area (Å²) in [5.41, 5.74) is 0. The van der Waals surface area contributed by atoms with Gasteiger partial charge in [-0.2, -0.15) is 0 Å². The highest BCUT2D eigenvalue weighted by Gasteiger charge is 2.19. The summed E-state index contributed by atoms with van der Waals surface area (Å²) in [5, 5.41) is 0. The summed E-state index contributed by atoms with van der Waals surface area (Å²) in [7, 11) is 0. The van der Waals surface area contributed by atoms with Crippen LogP contribution in [0.15, 0.2) is 109 Å². The molecular weight excluding hydrogens is 985 g/mol. The lowest BCUT2D eigenvalue weighted by Gasteiger charge is -2.18. The first kappa shape index (κ1) is 76.1. The number of carbonyl (C=O) groups excluding carboxylic acids is 3. The number of rotatable bonds is 61. The highest BCUT2D eigenvalue weighted by atomic mass is 16.6. The molecule has 0 heterocycles. The summed E-state index contributed by atoms with van der Waals surface area (Å²) in [5.74, 6) is -0.897. The van der Waals surface area contributed by atoms with E-state index in [1.807, 2.05) is 0 Å². The van der Waals surface area contributed by atoms with Crippen LogP contribution in [0.2, 0.25) is 0 Å². The molecule has 0 amide bonds. The van der Waals surface area contributed by atoms with E-state index in [9.17, 15) is 14.4 Å². The molecule has 0 saturated heterocycles. The van der Waals surface area contributed by atoms with E-state index in [1.165, 1.54) is 154 Å². The zero-order chi connectivity index (χ0) is 57.8. The predicted octanol–water partition coefficient (Wildman–Crippen LogP) is 23.4. The summed E-state index contributed by atoms with van der Waals surface area (Å²) in [4.78, 5) is 38.4. The number of esters is 3. The van der Waals surface area contributed by atoms with Crippen LogP contribution in [0.3, 0.4) is 0 Å². The van der Waals surface area contributed by atoms with Crippen LogP contribution in [0.1, 0.15) is 323 Å². The minimum atomic E-state index is -0.790. The van der Waals surface area contributed by atoms with Gasteiger partial charge in [0.1, 0.15) is 13.2 Å². The third-order valence-electron chi connectivity index (χ3n) is 14.5. The Kier molecular flexibility index (Phi) is 64.3. The average Bonchev–Trinajstić information content (AvgIpc) is 3.46. The van der Waals surface area contributed by atoms with Crippen LogP contribution in [0, 0.1) is 0 Å². The average molecular weight is 1110 g/mol. The van der Waals surface area contributed by atoms with Gasteiger partial charge in [-0.05, 0) is 122 Å². The van der Waals surface area contributed by atoms with Crippen LogP contribution in [-0.4, -0.2) is 37.2 Å².